The van der Waals surface area contributed by atoms with Crippen LogP contribution in [0, 0.1) is 0 Å². The van der Waals surface area contributed by atoms with Crippen LogP contribution in [0.2, 0.25) is 0 Å². The molecule has 0 unspecified atom stereocenters. The predicted octanol–water partition coefficient (Wildman–Crippen LogP) is 2.49. The first-order valence-corrected chi connectivity index (χ1v) is 6.84. The molecule has 0 bridgehead atoms. The number of carbonyl (C=O) groups excluding carboxylic acids is 1. The maximum atomic E-state index is 12.1. The van der Waals surface area contributed by atoms with E-state index >= 15 is 0 Å². The van der Waals surface area contributed by atoms with Crippen molar-refractivity contribution in [1.29, 1.82) is 0 Å². The van der Waals surface area contributed by atoms with E-state index in [-0.39, 0.29) is 6.42 Å². The van der Waals surface area contributed by atoms with Gasteiger partial charge in [-0.3, -0.25) is 0 Å². The fourth-order valence-electron chi connectivity index (χ4n) is 1.07. The van der Waals surface area contributed by atoms with E-state index in [1.807, 2.05) is 6.92 Å². The maximum absolute atomic E-state index is 12.1. The molecule has 112 valence electrons. The Hall–Kier alpha value is -1.25. The van der Waals surface area contributed by atoms with Crippen LogP contribution in [0.3, 0.4) is 0 Å². The van der Waals surface area contributed by atoms with E-state index in [0.29, 0.717) is 18.9 Å². The average molecular weight is 304 g/mol. The highest BCUT2D eigenvalue weighted by atomic mass is 32.2. The van der Waals surface area contributed by atoms with Gasteiger partial charge in [0.15, 0.2) is 0 Å². The number of hydrogen-bond donors (Lipinski definition) is 0. The van der Waals surface area contributed by atoms with E-state index < -0.39 is 27.4 Å². The molecule has 0 radical (unpaired) electrons. The van der Waals surface area contributed by atoms with Gasteiger partial charge in [0.2, 0.25) is 0 Å². The number of alkyl halides is 3. The van der Waals surface area contributed by atoms with Gasteiger partial charge in [-0.2, -0.15) is 21.6 Å². The number of ether oxygens (including phenoxy) is 1. The van der Waals surface area contributed by atoms with E-state index in [1.54, 1.807) is 0 Å². The zero-order valence-electron chi connectivity index (χ0n) is 10.5. The van der Waals surface area contributed by atoms with Gasteiger partial charge in [0.1, 0.15) is 5.76 Å². The van der Waals surface area contributed by atoms with Gasteiger partial charge in [0.05, 0.1) is 13.2 Å². The molecule has 0 aliphatic rings. The molecule has 0 rings (SSSR count). The zero-order chi connectivity index (χ0) is 15.1. The van der Waals surface area contributed by atoms with Crippen LogP contribution in [0.15, 0.2) is 11.8 Å². The lowest BCUT2D eigenvalue weighted by Crippen LogP contribution is -2.25. The lowest BCUT2D eigenvalue weighted by Gasteiger charge is -2.12. The minimum atomic E-state index is -5.76. The monoisotopic (exact) mass is 304 g/mol. The normalized spacial score (nSPS) is 13.2. The van der Waals surface area contributed by atoms with Crippen molar-refractivity contribution in [3.63, 3.8) is 0 Å². The summed E-state index contributed by atoms with van der Waals surface area (Å²) in [6.07, 6.45) is 2.33. The summed E-state index contributed by atoms with van der Waals surface area (Å²) in [7, 11) is -4.75. The molecule has 0 N–H and O–H groups in total. The first-order chi connectivity index (χ1) is 8.64. The summed E-state index contributed by atoms with van der Waals surface area (Å²) in [6, 6.07) is 0. The van der Waals surface area contributed by atoms with Gasteiger partial charge in [0, 0.05) is 6.42 Å². The minimum absolute atomic E-state index is 0.0990. The molecule has 9 heteroatoms. The molecule has 0 saturated carbocycles. The molecule has 0 heterocycles. The van der Waals surface area contributed by atoms with Crippen LogP contribution in [-0.2, 0) is 23.8 Å². The van der Waals surface area contributed by atoms with Crippen LogP contribution < -0.4 is 0 Å². The molecular formula is C10H15F3O5S. The summed E-state index contributed by atoms with van der Waals surface area (Å²) in [6.45, 7) is 1.86. The SMILES string of the molecule is CCCCC/C(=C/C(=O)OC)OS(=O)(=O)C(F)(F)F. The standard InChI is InChI=1S/C10H15F3O5S/c1-3-4-5-6-8(7-9(14)17-2)18-19(15,16)10(11,12)13/h7H,3-6H2,1-2H3/b8-7-. The number of allylic oxidation sites excluding steroid dienone is 1. The highest BCUT2D eigenvalue weighted by Crippen LogP contribution is 2.27. The van der Waals surface area contributed by atoms with Crippen molar-refractivity contribution in [2.75, 3.05) is 7.11 Å². The van der Waals surface area contributed by atoms with Crippen molar-refractivity contribution >= 4 is 16.1 Å². The summed E-state index contributed by atoms with van der Waals surface area (Å²) < 4.78 is 66.2. The molecule has 0 aromatic heterocycles. The van der Waals surface area contributed by atoms with E-state index in [1.165, 1.54) is 0 Å². The van der Waals surface area contributed by atoms with Crippen molar-refractivity contribution in [3.05, 3.63) is 11.8 Å². The quantitative estimate of drug-likeness (QED) is 0.180. The average Bonchev–Trinajstić information content (AvgIpc) is 2.27. The van der Waals surface area contributed by atoms with Crippen molar-refractivity contribution in [2.24, 2.45) is 0 Å². The van der Waals surface area contributed by atoms with Crippen LogP contribution in [0.25, 0.3) is 0 Å². The van der Waals surface area contributed by atoms with Gasteiger partial charge in [-0.25, -0.2) is 4.79 Å². The molecule has 0 aromatic rings. The van der Waals surface area contributed by atoms with Crippen LogP contribution in [0.4, 0.5) is 13.2 Å². The summed E-state index contributed by atoms with van der Waals surface area (Å²) in [5.41, 5.74) is -5.53. The van der Waals surface area contributed by atoms with Gasteiger partial charge in [-0.05, 0) is 6.42 Å². The summed E-state index contributed by atoms with van der Waals surface area (Å²) in [5, 5.41) is 0. The Morgan fingerprint density at radius 3 is 2.26 bits per heavy atom. The van der Waals surface area contributed by atoms with Crippen molar-refractivity contribution in [3.8, 4) is 0 Å². The Kier molecular flexibility index (Phi) is 6.88. The Bertz CT molecular complexity index is 425. The fraction of sp³-hybridized carbons (Fsp3) is 0.700. The Morgan fingerprint density at radius 1 is 1.26 bits per heavy atom. The molecule has 0 fully saturated rings. The molecule has 0 atom stereocenters. The first-order valence-electron chi connectivity index (χ1n) is 5.43. The number of methoxy groups -OCH3 is 1. The van der Waals surface area contributed by atoms with E-state index in [2.05, 4.69) is 8.92 Å². The zero-order valence-corrected chi connectivity index (χ0v) is 11.3. The Morgan fingerprint density at radius 2 is 1.84 bits per heavy atom. The lowest BCUT2D eigenvalue weighted by atomic mass is 10.2. The Labute approximate surface area is 109 Å². The molecule has 0 amide bonds. The second-order valence-electron chi connectivity index (χ2n) is 3.57. The van der Waals surface area contributed by atoms with Gasteiger partial charge in [-0.15, -0.1) is 0 Å². The maximum Gasteiger partial charge on any atom is 0.534 e. The summed E-state index contributed by atoms with van der Waals surface area (Å²) in [5.74, 6) is -1.57. The number of carbonyl (C=O) groups is 1. The topological polar surface area (TPSA) is 69.7 Å². The number of rotatable bonds is 7. The lowest BCUT2D eigenvalue weighted by molar-refractivity contribution is -0.135. The smallest absolute Gasteiger partial charge is 0.466 e. The van der Waals surface area contributed by atoms with E-state index in [4.69, 9.17) is 0 Å². The van der Waals surface area contributed by atoms with Gasteiger partial charge in [-0.1, -0.05) is 19.8 Å². The molecular weight excluding hydrogens is 289 g/mol. The van der Waals surface area contributed by atoms with Crippen LogP contribution in [-0.4, -0.2) is 27.0 Å². The summed E-state index contributed by atoms with van der Waals surface area (Å²) in [4.78, 5) is 10.9. The van der Waals surface area contributed by atoms with Crippen LogP contribution in [0.5, 0.6) is 0 Å². The van der Waals surface area contributed by atoms with Gasteiger partial charge < -0.3 is 8.92 Å². The molecule has 0 spiro atoms. The number of unbranched alkanes of at least 4 members (excludes halogenated alkanes) is 2. The third-order valence-electron chi connectivity index (χ3n) is 2.01. The van der Waals surface area contributed by atoms with E-state index in [0.717, 1.165) is 13.5 Å². The highest BCUT2D eigenvalue weighted by molar-refractivity contribution is 7.87. The minimum Gasteiger partial charge on any atom is -0.466 e. The first kappa shape index (κ1) is 17.8. The molecule has 5 nitrogen and oxygen atoms in total. The van der Waals surface area contributed by atoms with Crippen molar-refractivity contribution < 1.29 is 35.3 Å². The number of esters is 1. The highest BCUT2D eigenvalue weighted by Gasteiger charge is 2.48. The van der Waals surface area contributed by atoms with Crippen LogP contribution >= 0.6 is 0 Å². The molecule has 0 aromatic carbocycles. The predicted molar refractivity (Wildman–Crippen MR) is 60.3 cm³/mol. The number of hydrogen-bond acceptors (Lipinski definition) is 5. The number of halogens is 3. The van der Waals surface area contributed by atoms with Crippen LogP contribution in [0.1, 0.15) is 32.6 Å². The van der Waals surface area contributed by atoms with Gasteiger partial charge >= 0.3 is 21.6 Å². The molecule has 0 aliphatic carbocycles. The second kappa shape index (κ2) is 7.37. The third-order valence-corrected chi connectivity index (χ3v) is 3.01. The fourth-order valence-corrected chi connectivity index (χ4v) is 1.57. The third kappa shape index (κ3) is 6.46. The van der Waals surface area contributed by atoms with E-state index in [9.17, 15) is 26.4 Å². The molecule has 0 aliphatic heterocycles. The van der Waals surface area contributed by atoms with Gasteiger partial charge in [0.25, 0.3) is 0 Å². The summed E-state index contributed by atoms with van der Waals surface area (Å²) >= 11 is 0. The van der Waals surface area contributed by atoms with Crippen molar-refractivity contribution in [2.45, 2.75) is 38.1 Å². The molecule has 0 saturated heterocycles. The Balaban J connectivity index is 4.97. The largest absolute Gasteiger partial charge is 0.534 e. The second-order valence-corrected chi connectivity index (χ2v) is 5.11. The molecule has 19 heavy (non-hydrogen) atoms. The van der Waals surface area contributed by atoms with Crippen molar-refractivity contribution in [1.82, 2.24) is 0 Å².